The highest BCUT2D eigenvalue weighted by Crippen LogP contribution is 2.34. The van der Waals surface area contributed by atoms with Crippen LogP contribution in [0.4, 0.5) is 15.9 Å². The molecule has 4 rings (SSSR count). The molecule has 2 heterocycles. The van der Waals surface area contributed by atoms with Crippen LogP contribution in [0.5, 0.6) is 0 Å². The van der Waals surface area contributed by atoms with Crippen LogP contribution in [0, 0.1) is 12.7 Å². The van der Waals surface area contributed by atoms with Crippen LogP contribution in [0.1, 0.15) is 18.0 Å². The van der Waals surface area contributed by atoms with Crippen molar-refractivity contribution in [3.8, 4) is 11.3 Å². The van der Waals surface area contributed by atoms with Gasteiger partial charge in [-0.05, 0) is 43.3 Å². The number of aromatic nitrogens is 2. The fourth-order valence-electron chi connectivity index (χ4n) is 3.17. The fourth-order valence-corrected chi connectivity index (χ4v) is 3.17. The van der Waals surface area contributed by atoms with Crippen molar-refractivity contribution in [2.24, 2.45) is 0 Å². The first-order valence-corrected chi connectivity index (χ1v) is 8.54. The Labute approximate surface area is 155 Å². The van der Waals surface area contributed by atoms with E-state index in [1.165, 1.54) is 16.8 Å². The molecule has 0 aliphatic carbocycles. The summed E-state index contributed by atoms with van der Waals surface area (Å²) in [4.78, 5) is 24.9. The number of carbonyl (C=O) groups is 2. The summed E-state index contributed by atoms with van der Waals surface area (Å²) in [5.41, 5.74) is 2.70. The summed E-state index contributed by atoms with van der Waals surface area (Å²) in [6, 6.07) is 14.2. The zero-order chi connectivity index (χ0) is 19.0. The van der Waals surface area contributed by atoms with E-state index in [0.717, 1.165) is 5.56 Å². The Morgan fingerprint density at radius 1 is 1.19 bits per heavy atom. The highest BCUT2D eigenvalue weighted by molar-refractivity contribution is 6.02. The summed E-state index contributed by atoms with van der Waals surface area (Å²) in [5, 5.41) is 10.2. The number of nitrogens with one attached hydrogen (secondary N) is 2. The Bertz CT molecular complexity index is 1010. The molecular formula is C20H17FN4O2. The maximum Gasteiger partial charge on any atom is 0.249 e. The number of halogens is 1. The Morgan fingerprint density at radius 3 is 2.59 bits per heavy atom. The first-order valence-electron chi connectivity index (χ1n) is 8.54. The van der Waals surface area contributed by atoms with Gasteiger partial charge in [0.1, 0.15) is 17.7 Å². The van der Waals surface area contributed by atoms with Gasteiger partial charge in [0, 0.05) is 16.8 Å². The number of fused-ring (bicyclic) bond motifs is 1. The summed E-state index contributed by atoms with van der Waals surface area (Å²) in [5.74, 6) is -0.414. The van der Waals surface area contributed by atoms with E-state index in [1.807, 2.05) is 25.1 Å². The van der Waals surface area contributed by atoms with Gasteiger partial charge in [-0.1, -0.05) is 18.2 Å². The van der Waals surface area contributed by atoms with Crippen LogP contribution in [-0.4, -0.2) is 21.6 Å². The molecular weight excluding hydrogens is 347 g/mol. The minimum absolute atomic E-state index is 0.00432. The third kappa shape index (κ3) is 3.19. The van der Waals surface area contributed by atoms with E-state index < -0.39 is 6.04 Å². The Balaban J connectivity index is 1.71. The lowest BCUT2D eigenvalue weighted by Crippen LogP contribution is -2.35. The molecule has 27 heavy (non-hydrogen) atoms. The van der Waals surface area contributed by atoms with Crippen molar-refractivity contribution in [1.29, 1.82) is 0 Å². The molecule has 0 saturated carbocycles. The average molecular weight is 364 g/mol. The highest BCUT2D eigenvalue weighted by atomic mass is 19.1. The SMILES string of the molecule is Cc1c(-c2ccc(F)cc2)nn2c1NC(=O)CC2C(=O)Nc1ccccc1. The van der Waals surface area contributed by atoms with E-state index in [9.17, 15) is 14.0 Å². The molecule has 0 radical (unpaired) electrons. The molecule has 2 N–H and O–H groups in total. The molecule has 3 aromatic rings. The Kier molecular flexibility index (Phi) is 4.19. The van der Waals surface area contributed by atoms with Crippen LogP contribution in [0.25, 0.3) is 11.3 Å². The normalized spacial score (nSPS) is 15.8. The van der Waals surface area contributed by atoms with Crippen molar-refractivity contribution in [2.45, 2.75) is 19.4 Å². The second-order valence-corrected chi connectivity index (χ2v) is 6.40. The minimum Gasteiger partial charge on any atom is -0.324 e. The zero-order valence-corrected chi connectivity index (χ0v) is 14.6. The summed E-state index contributed by atoms with van der Waals surface area (Å²) < 4.78 is 14.8. The number of rotatable bonds is 3. The quantitative estimate of drug-likeness (QED) is 0.747. The minimum atomic E-state index is -0.762. The van der Waals surface area contributed by atoms with Gasteiger partial charge in [0.2, 0.25) is 11.8 Å². The standard InChI is InChI=1S/C20H17FN4O2/c1-12-18(13-7-9-14(21)10-8-13)24-25-16(11-17(26)23-19(12)25)20(27)22-15-5-3-2-4-6-15/h2-10,16H,11H2,1H3,(H,22,27)(H,23,26). The number of nitrogens with zero attached hydrogens (tertiary/aromatic N) is 2. The predicted octanol–water partition coefficient (Wildman–Crippen LogP) is 3.52. The van der Waals surface area contributed by atoms with E-state index in [0.29, 0.717) is 22.8 Å². The molecule has 0 saturated heterocycles. The monoisotopic (exact) mass is 364 g/mol. The molecule has 2 aromatic carbocycles. The second-order valence-electron chi connectivity index (χ2n) is 6.40. The molecule has 0 bridgehead atoms. The summed E-state index contributed by atoms with van der Waals surface area (Å²) >= 11 is 0. The van der Waals surface area contributed by atoms with E-state index in [1.54, 1.807) is 24.3 Å². The van der Waals surface area contributed by atoms with Gasteiger partial charge in [0.15, 0.2) is 0 Å². The number of hydrogen-bond acceptors (Lipinski definition) is 3. The van der Waals surface area contributed by atoms with Gasteiger partial charge in [-0.25, -0.2) is 9.07 Å². The van der Waals surface area contributed by atoms with Crippen LogP contribution in [-0.2, 0) is 9.59 Å². The third-order valence-electron chi connectivity index (χ3n) is 4.54. The molecule has 1 aromatic heterocycles. The van der Waals surface area contributed by atoms with Gasteiger partial charge in [-0.3, -0.25) is 9.59 Å². The van der Waals surface area contributed by atoms with Crippen LogP contribution >= 0.6 is 0 Å². The number of para-hydroxylation sites is 1. The highest BCUT2D eigenvalue weighted by Gasteiger charge is 2.34. The van der Waals surface area contributed by atoms with E-state index >= 15 is 0 Å². The lowest BCUT2D eigenvalue weighted by Gasteiger charge is -2.24. The summed E-state index contributed by atoms with van der Waals surface area (Å²) in [6.45, 7) is 1.81. The van der Waals surface area contributed by atoms with Gasteiger partial charge in [-0.2, -0.15) is 5.10 Å². The Hall–Kier alpha value is -3.48. The largest absolute Gasteiger partial charge is 0.324 e. The number of anilines is 2. The topological polar surface area (TPSA) is 76.0 Å². The molecule has 1 unspecified atom stereocenters. The molecule has 136 valence electrons. The van der Waals surface area contributed by atoms with Crippen molar-refractivity contribution in [3.63, 3.8) is 0 Å². The van der Waals surface area contributed by atoms with Crippen molar-refractivity contribution in [3.05, 3.63) is 66.0 Å². The van der Waals surface area contributed by atoms with Crippen LogP contribution in [0.2, 0.25) is 0 Å². The van der Waals surface area contributed by atoms with Gasteiger partial charge in [0.05, 0.1) is 12.1 Å². The number of carbonyl (C=O) groups excluding carboxylic acids is 2. The Morgan fingerprint density at radius 2 is 1.89 bits per heavy atom. The van der Waals surface area contributed by atoms with Gasteiger partial charge in [0.25, 0.3) is 0 Å². The molecule has 0 fully saturated rings. The zero-order valence-electron chi connectivity index (χ0n) is 14.6. The number of hydrogen-bond donors (Lipinski definition) is 2. The van der Waals surface area contributed by atoms with E-state index in [4.69, 9.17) is 0 Å². The predicted molar refractivity (Wildman–Crippen MR) is 99.7 cm³/mol. The van der Waals surface area contributed by atoms with Gasteiger partial charge in [-0.15, -0.1) is 0 Å². The van der Waals surface area contributed by atoms with E-state index in [-0.39, 0.29) is 24.1 Å². The summed E-state index contributed by atoms with van der Waals surface area (Å²) in [7, 11) is 0. The molecule has 1 aliphatic heterocycles. The van der Waals surface area contributed by atoms with E-state index in [2.05, 4.69) is 15.7 Å². The van der Waals surface area contributed by atoms with Crippen molar-refractivity contribution in [2.75, 3.05) is 10.6 Å². The van der Waals surface area contributed by atoms with Crippen molar-refractivity contribution < 1.29 is 14.0 Å². The maximum absolute atomic E-state index is 13.2. The van der Waals surface area contributed by atoms with Gasteiger partial charge < -0.3 is 10.6 Å². The van der Waals surface area contributed by atoms with Crippen LogP contribution in [0.3, 0.4) is 0 Å². The molecule has 6 nitrogen and oxygen atoms in total. The molecule has 7 heteroatoms. The molecule has 2 amide bonds. The maximum atomic E-state index is 13.2. The van der Waals surface area contributed by atoms with Crippen molar-refractivity contribution >= 4 is 23.3 Å². The molecule has 1 atom stereocenters. The number of benzene rings is 2. The van der Waals surface area contributed by atoms with Crippen LogP contribution in [0.15, 0.2) is 54.6 Å². The number of amides is 2. The molecule has 1 aliphatic rings. The first-order chi connectivity index (χ1) is 13.0. The third-order valence-corrected chi connectivity index (χ3v) is 4.54. The first kappa shape index (κ1) is 17.0. The average Bonchev–Trinajstić information content (AvgIpc) is 2.99. The summed E-state index contributed by atoms with van der Waals surface area (Å²) in [6.07, 6.45) is -0.00432. The molecule has 0 spiro atoms. The lowest BCUT2D eigenvalue weighted by atomic mass is 10.1. The fraction of sp³-hybridized carbons (Fsp3) is 0.150. The smallest absolute Gasteiger partial charge is 0.249 e. The second kappa shape index (κ2) is 6.68. The van der Waals surface area contributed by atoms with Gasteiger partial charge >= 0.3 is 0 Å². The lowest BCUT2D eigenvalue weighted by molar-refractivity contribution is -0.125. The van der Waals surface area contributed by atoms with Crippen LogP contribution < -0.4 is 10.6 Å². The van der Waals surface area contributed by atoms with Crippen molar-refractivity contribution in [1.82, 2.24) is 9.78 Å².